The van der Waals surface area contributed by atoms with Gasteiger partial charge in [-0.15, -0.1) is 0 Å². The molecular formula is C15H11Cl2FO. The van der Waals surface area contributed by atoms with Crippen molar-refractivity contribution >= 4 is 29.0 Å². The van der Waals surface area contributed by atoms with E-state index in [2.05, 4.69) is 0 Å². The van der Waals surface area contributed by atoms with Crippen LogP contribution >= 0.6 is 23.2 Å². The molecule has 0 radical (unpaired) electrons. The molecular weight excluding hydrogens is 286 g/mol. The van der Waals surface area contributed by atoms with Crippen molar-refractivity contribution in [3.05, 3.63) is 69.0 Å². The van der Waals surface area contributed by atoms with Gasteiger partial charge in [0.1, 0.15) is 5.82 Å². The zero-order valence-electron chi connectivity index (χ0n) is 10.2. The second kappa shape index (κ2) is 5.72. The van der Waals surface area contributed by atoms with Crippen molar-refractivity contribution in [1.29, 1.82) is 0 Å². The summed E-state index contributed by atoms with van der Waals surface area (Å²) in [6, 6.07) is 9.45. The third-order valence-electron chi connectivity index (χ3n) is 2.82. The minimum atomic E-state index is -0.529. The summed E-state index contributed by atoms with van der Waals surface area (Å²) in [5.74, 6) is -0.866. The molecule has 0 heterocycles. The van der Waals surface area contributed by atoms with Gasteiger partial charge in [0.15, 0.2) is 5.78 Å². The summed E-state index contributed by atoms with van der Waals surface area (Å²) in [7, 11) is 0. The maximum absolute atomic E-state index is 13.6. The van der Waals surface area contributed by atoms with Gasteiger partial charge in [-0.05, 0) is 36.8 Å². The minimum Gasteiger partial charge on any atom is -0.294 e. The van der Waals surface area contributed by atoms with Crippen LogP contribution in [0.5, 0.6) is 0 Å². The molecule has 0 atom stereocenters. The monoisotopic (exact) mass is 296 g/mol. The molecule has 0 aromatic heterocycles. The molecule has 2 aromatic rings. The lowest BCUT2D eigenvalue weighted by molar-refractivity contribution is 0.0989. The van der Waals surface area contributed by atoms with E-state index in [1.54, 1.807) is 31.2 Å². The molecule has 0 unspecified atom stereocenters. The summed E-state index contributed by atoms with van der Waals surface area (Å²) in [5, 5.41) is 0.822. The maximum atomic E-state index is 13.6. The Morgan fingerprint density at radius 3 is 2.42 bits per heavy atom. The highest BCUT2D eigenvalue weighted by molar-refractivity contribution is 6.36. The smallest absolute Gasteiger partial charge is 0.170 e. The summed E-state index contributed by atoms with van der Waals surface area (Å²) in [4.78, 5) is 12.1. The van der Waals surface area contributed by atoms with Crippen molar-refractivity contribution < 1.29 is 9.18 Å². The van der Waals surface area contributed by atoms with Crippen LogP contribution in [0.15, 0.2) is 36.4 Å². The Balaban J connectivity index is 2.34. The van der Waals surface area contributed by atoms with E-state index in [0.717, 1.165) is 5.56 Å². The number of hydrogen-bond donors (Lipinski definition) is 0. The summed E-state index contributed by atoms with van der Waals surface area (Å²) in [5.41, 5.74) is 1.42. The first-order chi connectivity index (χ1) is 8.99. The third-order valence-corrected chi connectivity index (χ3v) is 3.53. The quantitative estimate of drug-likeness (QED) is 0.739. The highest BCUT2D eigenvalue weighted by Gasteiger charge is 2.16. The van der Waals surface area contributed by atoms with Crippen molar-refractivity contribution in [3.8, 4) is 0 Å². The largest absolute Gasteiger partial charge is 0.294 e. The molecule has 0 saturated carbocycles. The van der Waals surface area contributed by atoms with Crippen molar-refractivity contribution in [2.24, 2.45) is 0 Å². The predicted molar refractivity (Wildman–Crippen MR) is 75.6 cm³/mol. The Morgan fingerprint density at radius 1 is 1.16 bits per heavy atom. The summed E-state index contributed by atoms with van der Waals surface area (Å²) in [6.45, 7) is 1.80. The Morgan fingerprint density at radius 2 is 1.79 bits per heavy atom. The first-order valence-electron chi connectivity index (χ1n) is 5.71. The molecule has 0 aliphatic carbocycles. The second-order valence-electron chi connectivity index (χ2n) is 4.28. The van der Waals surface area contributed by atoms with Crippen molar-refractivity contribution in [3.63, 3.8) is 0 Å². The average molecular weight is 297 g/mol. The number of rotatable bonds is 3. The first kappa shape index (κ1) is 14.0. The molecule has 0 fully saturated rings. The Labute approximate surface area is 121 Å². The Kier molecular flexibility index (Phi) is 4.23. The maximum Gasteiger partial charge on any atom is 0.170 e. The van der Waals surface area contributed by atoms with Crippen LogP contribution in [0.4, 0.5) is 4.39 Å². The Bertz CT molecular complexity index is 618. The number of hydrogen-bond acceptors (Lipinski definition) is 1. The Hall–Kier alpha value is -1.38. The minimum absolute atomic E-state index is 0.0150. The van der Waals surface area contributed by atoms with E-state index >= 15 is 0 Å². The molecule has 98 valence electrons. The predicted octanol–water partition coefficient (Wildman–Crippen LogP) is 4.87. The molecule has 0 saturated heterocycles. The van der Waals surface area contributed by atoms with Gasteiger partial charge < -0.3 is 0 Å². The molecule has 0 aliphatic rings. The van der Waals surface area contributed by atoms with Crippen LogP contribution < -0.4 is 0 Å². The third kappa shape index (κ3) is 3.14. The van der Waals surface area contributed by atoms with E-state index in [4.69, 9.17) is 23.2 Å². The highest BCUT2D eigenvalue weighted by Crippen LogP contribution is 2.26. The van der Waals surface area contributed by atoms with Crippen LogP contribution in [0.2, 0.25) is 10.0 Å². The topological polar surface area (TPSA) is 17.1 Å². The van der Waals surface area contributed by atoms with E-state index in [-0.39, 0.29) is 17.8 Å². The van der Waals surface area contributed by atoms with Gasteiger partial charge in [-0.1, -0.05) is 40.9 Å². The molecule has 0 spiro atoms. The molecule has 4 heteroatoms. The van der Waals surface area contributed by atoms with Crippen LogP contribution in [0.25, 0.3) is 0 Å². The number of halogens is 3. The van der Waals surface area contributed by atoms with Crippen LogP contribution in [-0.2, 0) is 6.42 Å². The number of ketones is 1. The van der Waals surface area contributed by atoms with E-state index in [1.807, 2.05) is 0 Å². The molecule has 0 bridgehead atoms. The second-order valence-corrected chi connectivity index (χ2v) is 5.10. The molecule has 19 heavy (non-hydrogen) atoms. The summed E-state index contributed by atoms with van der Waals surface area (Å²) < 4.78 is 13.6. The van der Waals surface area contributed by atoms with Crippen molar-refractivity contribution in [2.45, 2.75) is 13.3 Å². The van der Waals surface area contributed by atoms with E-state index in [1.165, 1.54) is 12.1 Å². The lowest BCUT2D eigenvalue weighted by Gasteiger charge is -2.07. The number of carbonyl (C=O) groups is 1. The van der Waals surface area contributed by atoms with E-state index in [0.29, 0.717) is 15.6 Å². The fourth-order valence-electron chi connectivity index (χ4n) is 1.81. The number of carbonyl (C=O) groups excluding carboxylic acids is 1. The van der Waals surface area contributed by atoms with Crippen molar-refractivity contribution in [1.82, 2.24) is 0 Å². The van der Waals surface area contributed by atoms with Crippen LogP contribution in [0.1, 0.15) is 21.5 Å². The molecule has 2 aromatic carbocycles. The lowest BCUT2D eigenvalue weighted by atomic mass is 10.0. The van der Waals surface area contributed by atoms with E-state index in [9.17, 15) is 9.18 Å². The summed E-state index contributed by atoms with van der Waals surface area (Å²) in [6.07, 6.45) is -0.0150. The molecule has 0 amide bonds. The zero-order valence-corrected chi connectivity index (χ0v) is 11.7. The van der Waals surface area contributed by atoms with Gasteiger partial charge in [0.25, 0.3) is 0 Å². The molecule has 2 rings (SSSR count). The fraction of sp³-hybridized carbons (Fsp3) is 0.133. The fourth-order valence-corrected chi connectivity index (χ4v) is 2.34. The standard InChI is InChI=1S/C15H11Cl2FO/c1-9-5-6-14(18)11(7-9)15(19)8-10-12(16)3-2-4-13(10)17/h2-7H,8H2,1H3. The molecule has 0 N–H and O–H groups in total. The van der Waals surface area contributed by atoms with Gasteiger partial charge in [0, 0.05) is 16.5 Å². The van der Waals surface area contributed by atoms with Gasteiger partial charge in [0.2, 0.25) is 0 Å². The van der Waals surface area contributed by atoms with Gasteiger partial charge in [-0.3, -0.25) is 4.79 Å². The van der Waals surface area contributed by atoms with Gasteiger partial charge in [-0.25, -0.2) is 4.39 Å². The molecule has 0 aliphatic heterocycles. The number of Topliss-reactive ketones (excluding diaryl/α,β-unsaturated/α-hetero) is 1. The normalized spacial score (nSPS) is 10.5. The lowest BCUT2D eigenvalue weighted by Crippen LogP contribution is -2.07. The van der Waals surface area contributed by atoms with Gasteiger partial charge in [-0.2, -0.15) is 0 Å². The first-order valence-corrected chi connectivity index (χ1v) is 6.47. The van der Waals surface area contributed by atoms with Crippen molar-refractivity contribution in [2.75, 3.05) is 0 Å². The number of benzene rings is 2. The SMILES string of the molecule is Cc1ccc(F)c(C(=O)Cc2c(Cl)cccc2Cl)c1. The summed E-state index contributed by atoms with van der Waals surface area (Å²) >= 11 is 12.0. The number of aryl methyl sites for hydroxylation is 1. The van der Waals surface area contributed by atoms with E-state index < -0.39 is 5.82 Å². The average Bonchev–Trinajstić information content (AvgIpc) is 2.37. The van der Waals surface area contributed by atoms with Crippen LogP contribution in [-0.4, -0.2) is 5.78 Å². The van der Waals surface area contributed by atoms with Gasteiger partial charge in [0.05, 0.1) is 5.56 Å². The molecule has 1 nitrogen and oxygen atoms in total. The van der Waals surface area contributed by atoms with Crippen LogP contribution in [0, 0.1) is 12.7 Å². The van der Waals surface area contributed by atoms with Gasteiger partial charge >= 0.3 is 0 Å². The highest BCUT2D eigenvalue weighted by atomic mass is 35.5. The zero-order chi connectivity index (χ0) is 14.0. The van der Waals surface area contributed by atoms with Crippen LogP contribution in [0.3, 0.4) is 0 Å².